The standard InChI is InChI=1S/C23H35FN4O3/c1-3-25-23(28-11-5-6-18(16-28)22(30)31-4-2)26-15-17-7-8-21(20(24)14-17)27-12-9-19(29)10-13-27/h7-8,14,18-19,29H,3-6,9-13,15-16H2,1-2H3,(H,25,26). The topological polar surface area (TPSA) is 77.4 Å². The predicted molar refractivity (Wildman–Crippen MR) is 120 cm³/mol. The molecule has 8 heteroatoms. The average molecular weight is 435 g/mol. The number of carbonyl (C=O) groups is 1. The molecule has 0 saturated carbocycles. The van der Waals surface area contributed by atoms with Gasteiger partial charge in [-0.1, -0.05) is 6.07 Å². The molecule has 1 aromatic rings. The number of piperidine rings is 2. The molecule has 2 aliphatic heterocycles. The summed E-state index contributed by atoms with van der Waals surface area (Å²) in [6.45, 7) is 8.03. The van der Waals surface area contributed by atoms with Crippen molar-refractivity contribution in [2.24, 2.45) is 10.9 Å². The number of halogens is 1. The number of nitrogens with one attached hydrogen (secondary N) is 1. The molecule has 1 aromatic carbocycles. The van der Waals surface area contributed by atoms with E-state index in [1.807, 2.05) is 30.9 Å². The van der Waals surface area contributed by atoms with E-state index in [1.165, 1.54) is 0 Å². The minimum atomic E-state index is -0.282. The Bertz CT molecular complexity index is 765. The lowest BCUT2D eigenvalue weighted by Crippen LogP contribution is -2.48. The van der Waals surface area contributed by atoms with Crippen molar-refractivity contribution in [3.63, 3.8) is 0 Å². The van der Waals surface area contributed by atoms with E-state index >= 15 is 0 Å². The molecule has 2 aliphatic rings. The van der Waals surface area contributed by atoms with Gasteiger partial charge in [0.15, 0.2) is 5.96 Å². The molecule has 0 amide bonds. The fourth-order valence-electron chi connectivity index (χ4n) is 4.23. The Morgan fingerprint density at radius 1 is 1.26 bits per heavy atom. The Labute approximate surface area is 184 Å². The number of carbonyl (C=O) groups excluding carboxylic acids is 1. The molecule has 2 fully saturated rings. The first-order chi connectivity index (χ1) is 15.0. The highest BCUT2D eigenvalue weighted by molar-refractivity contribution is 5.81. The molecule has 1 atom stereocenters. The number of hydrogen-bond donors (Lipinski definition) is 2. The number of aliphatic hydroxyl groups excluding tert-OH is 1. The lowest BCUT2D eigenvalue weighted by Gasteiger charge is -2.34. The van der Waals surface area contributed by atoms with Crippen molar-refractivity contribution in [3.05, 3.63) is 29.6 Å². The number of nitrogens with zero attached hydrogens (tertiary/aromatic N) is 3. The highest BCUT2D eigenvalue weighted by atomic mass is 19.1. The highest BCUT2D eigenvalue weighted by Crippen LogP contribution is 2.25. The van der Waals surface area contributed by atoms with Gasteiger partial charge >= 0.3 is 5.97 Å². The fourth-order valence-corrected chi connectivity index (χ4v) is 4.23. The Balaban J connectivity index is 1.66. The van der Waals surface area contributed by atoms with Crippen molar-refractivity contribution in [2.75, 3.05) is 44.2 Å². The van der Waals surface area contributed by atoms with Crippen molar-refractivity contribution in [1.82, 2.24) is 10.2 Å². The number of benzene rings is 1. The summed E-state index contributed by atoms with van der Waals surface area (Å²) < 4.78 is 19.9. The second-order valence-electron chi connectivity index (χ2n) is 8.21. The second kappa shape index (κ2) is 11.3. The third-order valence-corrected chi connectivity index (χ3v) is 5.90. The van der Waals surface area contributed by atoms with Crippen LogP contribution in [-0.4, -0.2) is 67.4 Å². The van der Waals surface area contributed by atoms with Gasteiger partial charge in [0.1, 0.15) is 5.82 Å². The Morgan fingerprint density at radius 3 is 2.71 bits per heavy atom. The minimum Gasteiger partial charge on any atom is -0.466 e. The van der Waals surface area contributed by atoms with Crippen LogP contribution in [0.3, 0.4) is 0 Å². The zero-order valence-electron chi connectivity index (χ0n) is 18.6. The first kappa shape index (κ1) is 23.3. The summed E-state index contributed by atoms with van der Waals surface area (Å²) in [4.78, 5) is 20.9. The third kappa shape index (κ3) is 6.32. The normalized spacial score (nSPS) is 20.6. The SMILES string of the molecule is CCNC(=NCc1ccc(N2CCC(O)CC2)c(F)c1)N1CCCC(C(=O)OCC)C1. The smallest absolute Gasteiger partial charge is 0.310 e. The summed E-state index contributed by atoms with van der Waals surface area (Å²) in [6.07, 6.45) is 2.78. The van der Waals surface area contributed by atoms with Crippen LogP contribution >= 0.6 is 0 Å². The van der Waals surface area contributed by atoms with Gasteiger partial charge in [-0.15, -0.1) is 0 Å². The number of anilines is 1. The zero-order valence-corrected chi connectivity index (χ0v) is 18.6. The van der Waals surface area contributed by atoms with Crippen molar-refractivity contribution < 1.29 is 19.0 Å². The molecule has 2 saturated heterocycles. The molecule has 3 rings (SSSR count). The third-order valence-electron chi connectivity index (χ3n) is 5.90. The number of aliphatic hydroxyl groups is 1. The molecular weight excluding hydrogens is 399 g/mol. The molecule has 2 heterocycles. The van der Waals surface area contributed by atoms with Gasteiger partial charge in [0.2, 0.25) is 0 Å². The van der Waals surface area contributed by atoms with E-state index < -0.39 is 0 Å². The second-order valence-corrected chi connectivity index (χ2v) is 8.21. The van der Waals surface area contributed by atoms with E-state index in [9.17, 15) is 14.3 Å². The number of aliphatic imine (C=N–C) groups is 1. The van der Waals surface area contributed by atoms with Gasteiger partial charge in [-0.2, -0.15) is 0 Å². The minimum absolute atomic E-state index is 0.141. The fraction of sp³-hybridized carbons (Fsp3) is 0.652. The van der Waals surface area contributed by atoms with E-state index in [1.54, 1.807) is 6.07 Å². The van der Waals surface area contributed by atoms with Crippen LogP contribution in [-0.2, 0) is 16.1 Å². The maximum atomic E-state index is 14.7. The summed E-state index contributed by atoms with van der Waals surface area (Å²) in [7, 11) is 0. The van der Waals surface area contributed by atoms with Crippen LogP contribution in [0.4, 0.5) is 10.1 Å². The number of rotatable bonds is 6. The zero-order chi connectivity index (χ0) is 22.2. The van der Waals surface area contributed by atoms with Crippen LogP contribution in [0.5, 0.6) is 0 Å². The number of esters is 1. The molecular formula is C23H35FN4O3. The maximum absolute atomic E-state index is 14.7. The van der Waals surface area contributed by atoms with Crippen LogP contribution in [0.15, 0.2) is 23.2 Å². The van der Waals surface area contributed by atoms with E-state index in [0.717, 1.165) is 30.9 Å². The van der Waals surface area contributed by atoms with Crippen molar-refractivity contribution in [3.8, 4) is 0 Å². The van der Waals surface area contributed by atoms with Gasteiger partial charge < -0.3 is 25.0 Å². The van der Waals surface area contributed by atoms with Crippen molar-refractivity contribution in [2.45, 2.75) is 52.2 Å². The molecule has 172 valence electrons. The van der Waals surface area contributed by atoms with E-state index in [-0.39, 0.29) is 23.8 Å². The molecule has 31 heavy (non-hydrogen) atoms. The highest BCUT2D eigenvalue weighted by Gasteiger charge is 2.28. The summed E-state index contributed by atoms with van der Waals surface area (Å²) in [5.41, 5.74) is 1.38. The van der Waals surface area contributed by atoms with Gasteiger partial charge in [-0.25, -0.2) is 9.38 Å². The molecule has 0 aliphatic carbocycles. The van der Waals surface area contributed by atoms with E-state index in [4.69, 9.17) is 9.73 Å². The molecule has 7 nitrogen and oxygen atoms in total. The van der Waals surface area contributed by atoms with Gasteiger partial charge in [0.05, 0.1) is 30.9 Å². The average Bonchev–Trinajstić information content (AvgIpc) is 2.78. The number of likely N-dealkylation sites (tertiary alicyclic amines) is 1. The number of guanidine groups is 1. The molecule has 0 radical (unpaired) electrons. The predicted octanol–water partition coefficient (Wildman–Crippen LogP) is 2.53. The largest absolute Gasteiger partial charge is 0.466 e. The summed E-state index contributed by atoms with van der Waals surface area (Å²) in [6, 6.07) is 5.27. The Kier molecular flexibility index (Phi) is 8.51. The van der Waals surface area contributed by atoms with Crippen LogP contribution in [0, 0.1) is 11.7 Å². The Hall–Kier alpha value is -2.35. The Morgan fingerprint density at radius 2 is 2.03 bits per heavy atom. The van der Waals surface area contributed by atoms with Crippen LogP contribution in [0.25, 0.3) is 0 Å². The quantitative estimate of drug-likeness (QED) is 0.407. The molecule has 1 unspecified atom stereocenters. The monoisotopic (exact) mass is 434 g/mol. The lowest BCUT2D eigenvalue weighted by atomic mass is 9.98. The first-order valence-corrected chi connectivity index (χ1v) is 11.4. The van der Waals surface area contributed by atoms with E-state index in [0.29, 0.717) is 57.9 Å². The maximum Gasteiger partial charge on any atom is 0.310 e. The lowest BCUT2D eigenvalue weighted by molar-refractivity contribution is -0.149. The van der Waals surface area contributed by atoms with Gasteiger partial charge in [0.25, 0.3) is 0 Å². The molecule has 0 spiro atoms. The molecule has 2 N–H and O–H groups in total. The van der Waals surface area contributed by atoms with Crippen LogP contribution < -0.4 is 10.2 Å². The van der Waals surface area contributed by atoms with Crippen molar-refractivity contribution in [1.29, 1.82) is 0 Å². The first-order valence-electron chi connectivity index (χ1n) is 11.4. The summed E-state index contributed by atoms with van der Waals surface area (Å²) >= 11 is 0. The summed E-state index contributed by atoms with van der Waals surface area (Å²) in [5, 5.41) is 13.0. The van der Waals surface area contributed by atoms with Gasteiger partial charge in [-0.3, -0.25) is 4.79 Å². The van der Waals surface area contributed by atoms with Crippen LogP contribution in [0.1, 0.15) is 45.1 Å². The molecule has 0 aromatic heterocycles. The number of hydrogen-bond acceptors (Lipinski definition) is 5. The van der Waals surface area contributed by atoms with Crippen molar-refractivity contribution >= 4 is 17.6 Å². The number of ether oxygens (including phenoxy) is 1. The molecule has 0 bridgehead atoms. The van der Waals surface area contributed by atoms with Gasteiger partial charge in [0, 0.05) is 32.7 Å². The van der Waals surface area contributed by atoms with E-state index in [2.05, 4.69) is 10.2 Å². The van der Waals surface area contributed by atoms with Gasteiger partial charge in [-0.05, 0) is 57.2 Å². The van der Waals surface area contributed by atoms with Crippen LogP contribution in [0.2, 0.25) is 0 Å². The summed E-state index contributed by atoms with van der Waals surface area (Å²) in [5.74, 6) is 0.198.